The summed E-state index contributed by atoms with van der Waals surface area (Å²) in [4.78, 5) is 12.1. The molecular formula is C16H14F2O. The van der Waals surface area contributed by atoms with E-state index in [0.29, 0.717) is 5.92 Å². The summed E-state index contributed by atoms with van der Waals surface area (Å²) < 4.78 is 27.1. The molecule has 0 radical (unpaired) electrons. The zero-order valence-corrected chi connectivity index (χ0v) is 10.8. The summed E-state index contributed by atoms with van der Waals surface area (Å²) in [6, 6.07) is 10.2. The van der Waals surface area contributed by atoms with E-state index >= 15 is 0 Å². The summed E-state index contributed by atoms with van der Waals surface area (Å²) in [5.41, 5.74) is 0.860. The highest BCUT2D eigenvalue weighted by atomic mass is 19.1. The SMILES string of the molecule is CC(C)c1ccc(C(=O)c2c(F)cccc2F)cc1. The van der Waals surface area contributed by atoms with E-state index in [1.165, 1.54) is 6.07 Å². The minimum atomic E-state index is -0.835. The van der Waals surface area contributed by atoms with Gasteiger partial charge >= 0.3 is 0 Å². The fourth-order valence-electron chi connectivity index (χ4n) is 1.88. The van der Waals surface area contributed by atoms with Gasteiger partial charge in [0.15, 0.2) is 5.78 Å². The molecule has 0 heterocycles. The van der Waals surface area contributed by atoms with Crippen molar-refractivity contribution in [3.8, 4) is 0 Å². The highest BCUT2D eigenvalue weighted by Gasteiger charge is 2.18. The Bertz CT molecular complexity index is 580. The molecule has 0 saturated carbocycles. The van der Waals surface area contributed by atoms with Gasteiger partial charge in [-0.1, -0.05) is 44.2 Å². The number of hydrogen-bond donors (Lipinski definition) is 0. The fourth-order valence-corrected chi connectivity index (χ4v) is 1.88. The standard InChI is InChI=1S/C16H14F2O/c1-10(2)11-6-8-12(9-7-11)16(19)15-13(17)4-3-5-14(15)18/h3-10H,1-2H3. The Morgan fingerprint density at radius 1 is 0.947 bits per heavy atom. The Balaban J connectivity index is 2.39. The largest absolute Gasteiger partial charge is 0.288 e. The zero-order valence-electron chi connectivity index (χ0n) is 10.8. The Kier molecular flexibility index (Phi) is 3.74. The third-order valence-electron chi connectivity index (χ3n) is 3.03. The van der Waals surface area contributed by atoms with E-state index in [0.717, 1.165) is 17.7 Å². The summed E-state index contributed by atoms with van der Waals surface area (Å²) in [6.45, 7) is 4.07. The lowest BCUT2D eigenvalue weighted by molar-refractivity contribution is 0.103. The van der Waals surface area contributed by atoms with Gasteiger partial charge in [-0.3, -0.25) is 4.79 Å². The molecule has 0 atom stereocenters. The second kappa shape index (κ2) is 5.31. The van der Waals surface area contributed by atoms with Crippen LogP contribution in [0, 0.1) is 11.6 Å². The highest BCUT2D eigenvalue weighted by molar-refractivity contribution is 6.09. The van der Waals surface area contributed by atoms with Crippen molar-refractivity contribution in [3.63, 3.8) is 0 Å². The monoisotopic (exact) mass is 260 g/mol. The smallest absolute Gasteiger partial charge is 0.198 e. The first kappa shape index (κ1) is 13.4. The van der Waals surface area contributed by atoms with Gasteiger partial charge in [-0.05, 0) is 23.6 Å². The number of rotatable bonds is 3. The summed E-state index contributed by atoms with van der Waals surface area (Å²) in [5.74, 6) is -1.96. The lowest BCUT2D eigenvalue weighted by Crippen LogP contribution is -2.07. The average Bonchev–Trinajstić information content (AvgIpc) is 2.38. The molecule has 0 N–H and O–H groups in total. The van der Waals surface area contributed by atoms with Gasteiger partial charge < -0.3 is 0 Å². The molecule has 0 spiro atoms. The first-order valence-electron chi connectivity index (χ1n) is 6.09. The number of carbonyl (C=O) groups is 1. The molecule has 0 aliphatic carbocycles. The van der Waals surface area contributed by atoms with Gasteiger partial charge in [0, 0.05) is 5.56 Å². The number of halogens is 2. The average molecular weight is 260 g/mol. The van der Waals surface area contributed by atoms with Crippen molar-refractivity contribution < 1.29 is 13.6 Å². The first-order chi connectivity index (χ1) is 9.00. The molecule has 0 aliphatic rings. The number of hydrogen-bond acceptors (Lipinski definition) is 1. The predicted molar refractivity (Wildman–Crippen MR) is 70.3 cm³/mol. The zero-order chi connectivity index (χ0) is 14.0. The molecule has 0 aromatic heterocycles. The van der Waals surface area contributed by atoms with Crippen molar-refractivity contribution in [1.82, 2.24) is 0 Å². The lowest BCUT2D eigenvalue weighted by atomic mass is 9.97. The van der Waals surface area contributed by atoms with Crippen LogP contribution in [0.15, 0.2) is 42.5 Å². The second-order valence-corrected chi connectivity index (χ2v) is 4.70. The van der Waals surface area contributed by atoms with E-state index in [1.807, 2.05) is 13.8 Å². The fraction of sp³-hybridized carbons (Fsp3) is 0.188. The second-order valence-electron chi connectivity index (χ2n) is 4.70. The normalized spacial score (nSPS) is 10.8. The van der Waals surface area contributed by atoms with Gasteiger partial charge in [-0.15, -0.1) is 0 Å². The van der Waals surface area contributed by atoms with Crippen molar-refractivity contribution >= 4 is 5.78 Å². The Morgan fingerprint density at radius 2 is 1.47 bits per heavy atom. The van der Waals surface area contributed by atoms with Crippen molar-refractivity contribution in [2.45, 2.75) is 19.8 Å². The summed E-state index contributed by atoms with van der Waals surface area (Å²) >= 11 is 0. The van der Waals surface area contributed by atoms with Crippen molar-refractivity contribution in [2.75, 3.05) is 0 Å². The van der Waals surface area contributed by atoms with Crippen molar-refractivity contribution in [2.24, 2.45) is 0 Å². The van der Waals surface area contributed by atoms with Crippen LogP contribution in [-0.4, -0.2) is 5.78 Å². The number of carbonyl (C=O) groups excluding carboxylic acids is 1. The maximum atomic E-state index is 13.5. The van der Waals surface area contributed by atoms with Crippen molar-refractivity contribution in [3.05, 3.63) is 70.8 Å². The molecule has 2 rings (SSSR count). The Hall–Kier alpha value is -2.03. The van der Waals surface area contributed by atoms with Crippen LogP contribution in [0.3, 0.4) is 0 Å². The van der Waals surface area contributed by atoms with Gasteiger partial charge in [-0.2, -0.15) is 0 Å². The van der Waals surface area contributed by atoms with E-state index in [4.69, 9.17) is 0 Å². The number of benzene rings is 2. The van der Waals surface area contributed by atoms with Crippen LogP contribution in [0.5, 0.6) is 0 Å². The quantitative estimate of drug-likeness (QED) is 0.751. The van der Waals surface area contributed by atoms with E-state index < -0.39 is 23.0 Å². The molecule has 2 aromatic rings. The molecule has 98 valence electrons. The molecule has 0 unspecified atom stereocenters. The molecule has 0 amide bonds. The Labute approximate surface area is 110 Å². The van der Waals surface area contributed by atoms with Gasteiger partial charge in [0.05, 0.1) is 5.56 Å². The first-order valence-corrected chi connectivity index (χ1v) is 6.09. The molecule has 0 fully saturated rings. The van der Waals surface area contributed by atoms with E-state index in [9.17, 15) is 13.6 Å². The third-order valence-corrected chi connectivity index (χ3v) is 3.03. The van der Waals surface area contributed by atoms with Crippen LogP contribution in [0.25, 0.3) is 0 Å². The minimum absolute atomic E-state index is 0.286. The predicted octanol–water partition coefficient (Wildman–Crippen LogP) is 4.32. The van der Waals surface area contributed by atoms with Crippen LogP contribution in [0.1, 0.15) is 41.3 Å². The molecule has 19 heavy (non-hydrogen) atoms. The summed E-state index contributed by atoms with van der Waals surface area (Å²) in [5, 5.41) is 0. The number of ketones is 1. The van der Waals surface area contributed by atoms with E-state index in [2.05, 4.69) is 0 Å². The van der Waals surface area contributed by atoms with Crippen LogP contribution >= 0.6 is 0 Å². The summed E-state index contributed by atoms with van der Waals surface area (Å²) in [7, 11) is 0. The lowest BCUT2D eigenvalue weighted by Gasteiger charge is -2.07. The van der Waals surface area contributed by atoms with Gasteiger partial charge in [0.2, 0.25) is 0 Å². The van der Waals surface area contributed by atoms with Crippen LogP contribution < -0.4 is 0 Å². The van der Waals surface area contributed by atoms with Gasteiger partial charge in [0.25, 0.3) is 0 Å². The van der Waals surface area contributed by atoms with E-state index in [1.54, 1.807) is 24.3 Å². The highest BCUT2D eigenvalue weighted by Crippen LogP contribution is 2.19. The molecule has 3 heteroatoms. The Morgan fingerprint density at radius 3 is 1.95 bits per heavy atom. The molecule has 0 bridgehead atoms. The molecule has 1 nitrogen and oxygen atoms in total. The summed E-state index contributed by atoms with van der Waals surface area (Å²) in [6.07, 6.45) is 0. The molecule has 2 aromatic carbocycles. The maximum absolute atomic E-state index is 13.5. The van der Waals surface area contributed by atoms with Crippen LogP contribution in [0.2, 0.25) is 0 Å². The molecule has 0 aliphatic heterocycles. The van der Waals surface area contributed by atoms with E-state index in [-0.39, 0.29) is 5.56 Å². The third kappa shape index (κ3) is 2.70. The topological polar surface area (TPSA) is 17.1 Å². The maximum Gasteiger partial charge on any atom is 0.198 e. The van der Waals surface area contributed by atoms with Crippen LogP contribution in [-0.2, 0) is 0 Å². The van der Waals surface area contributed by atoms with Crippen molar-refractivity contribution in [1.29, 1.82) is 0 Å². The molecule has 0 saturated heterocycles. The van der Waals surface area contributed by atoms with Crippen LogP contribution in [0.4, 0.5) is 8.78 Å². The minimum Gasteiger partial charge on any atom is -0.288 e. The van der Waals surface area contributed by atoms with Gasteiger partial charge in [-0.25, -0.2) is 8.78 Å². The molecular weight excluding hydrogens is 246 g/mol. The van der Waals surface area contributed by atoms with Gasteiger partial charge in [0.1, 0.15) is 11.6 Å².